The molecule has 0 saturated carbocycles. The fourth-order valence-electron chi connectivity index (χ4n) is 0.838. The quantitative estimate of drug-likeness (QED) is 0.674. The molecule has 0 spiro atoms. The van der Waals surface area contributed by atoms with Gasteiger partial charge in [0.25, 0.3) is 0 Å². The lowest BCUT2D eigenvalue weighted by molar-refractivity contribution is -0.322. The number of carbonyl (C=O) groups excluding carboxylic acids is 1. The third-order valence-corrected chi connectivity index (χ3v) is 2.48. The zero-order valence-electron chi connectivity index (χ0n) is 8.91. The number of hydrogen-bond donors (Lipinski definition) is 2. The van der Waals surface area contributed by atoms with Gasteiger partial charge in [0.05, 0.1) is 6.61 Å². The highest BCUT2D eigenvalue weighted by atomic mass is 32.2. The topological polar surface area (TPSA) is 75.6 Å². The molecule has 1 unspecified atom stereocenters. The number of carboxylic acids is 1. The molecular formula is C8H12F3NO4S. The molecule has 0 fully saturated rings. The summed E-state index contributed by atoms with van der Waals surface area (Å²) in [6.07, 6.45) is -4.68. The molecule has 0 heterocycles. The number of alkyl halides is 3. The first-order chi connectivity index (χ1) is 7.72. The summed E-state index contributed by atoms with van der Waals surface area (Å²) in [5, 5.41) is 10.8. The van der Waals surface area contributed by atoms with E-state index in [9.17, 15) is 22.8 Å². The first-order valence-electron chi connectivity index (χ1n) is 4.50. The predicted octanol–water partition coefficient (Wildman–Crippen LogP) is 0.845. The SMILES string of the molecule is CC(=O)NC(CSCCOC(F)(F)F)C(=O)O. The average Bonchev–Trinajstić information content (AvgIpc) is 2.12. The van der Waals surface area contributed by atoms with Crippen molar-refractivity contribution in [3.8, 4) is 0 Å². The molecule has 0 saturated heterocycles. The van der Waals surface area contributed by atoms with E-state index in [4.69, 9.17) is 5.11 Å². The Balaban J connectivity index is 3.76. The van der Waals surface area contributed by atoms with E-state index in [1.165, 1.54) is 0 Å². The molecule has 0 radical (unpaired) electrons. The molecular weight excluding hydrogens is 263 g/mol. The van der Waals surface area contributed by atoms with E-state index in [1.807, 2.05) is 0 Å². The number of hydrogen-bond acceptors (Lipinski definition) is 4. The summed E-state index contributed by atoms with van der Waals surface area (Å²) in [7, 11) is 0. The van der Waals surface area contributed by atoms with Crippen LogP contribution in [0.2, 0.25) is 0 Å². The molecule has 9 heteroatoms. The molecule has 5 nitrogen and oxygen atoms in total. The number of ether oxygens (including phenoxy) is 1. The van der Waals surface area contributed by atoms with Crippen LogP contribution < -0.4 is 5.32 Å². The Morgan fingerprint density at radius 3 is 2.47 bits per heavy atom. The number of carbonyl (C=O) groups is 2. The van der Waals surface area contributed by atoms with Crippen LogP contribution in [0, 0.1) is 0 Å². The third kappa shape index (κ3) is 9.94. The number of halogens is 3. The third-order valence-electron chi connectivity index (χ3n) is 1.45. The molecule has 0 aliphatic carbocycles. The van der Waals surface area contributed by atoms with E-state index in [1.54, 1.807) is 0 Å². The Morgan fingerprint density at radius 2 is 2.06 bits per heavy atom. The van der Waals surface area contributed by atoms with Crippen molar-refractivity contribution in [2.24, 2.45) is 0 Å². The Bertz CT molecular complexity index is 272. The lowest BCUT2D eigenvalue weighted by atomic mass is 10.3. The molecule has 100 valence electrons. The molecule has 0 aromatic rings. The van der Waals surface area contributed by atoms with E-state index in [0.29, 0.717) is 0 Å². The predicted molar refractivity (Wildman–Crippen MR) is 54.6 cm³/mol. The van der Waals surface area contributed by atoms with Crippen molar-refractivity contribution in [3.63, 3.8) is 0 Å². The zero-order valence-corrected chi connectivity index (χ0v) is 9.73. The summed E-state index contributed by atoms with van der Waals surface area (Å²) in [5.41, 5.74) is 0. The summed E-state index contributed by atoms with van der Waals surface area (Å²) in [4.78, 5) is 21.2. The van der Waals surface area contributed by atoms with Gasteiger partial charge in [0.1, 0.15) is 6.04 Å². The second kappa shape index (κ2) is 7.38. The minimum atomic E-state index is -4.68. The Labute approximate surface area is 99.7 Å². The van der Waals surface area contributed by atoms with Crippen LogP contribution in [0.25, 0.3) is 0 Å². The molecule has 0 bridgehead atoms. The Hall–Kier alpha value is -0.960. The van der Waals surface area contributed by atoms with Crippen molar-refractivity contribution in [1.29, 1.82) is 0 Å². The van der Waals surface area contributed by atoms with Crippen molar-refractivity contribution in [2.75, 3.05) is 18.1 Å². The van der Waals surface area contributed by atoms with Crippen LogP contribution in [0.5, 0.6) is 0 Å². The van der Waals surface area contributed by atoms with Crippen LogP contribution in [0.4, 0.5) is 13.2 Å². The summed E-state index contributed by atoms with van der Waals surface area (Å²) in [5.74, 6) is -1.77. The van der Waals surface area contributed by atoms with Gasteiger partial charge in [-0.3, -0.25) is 9.53 Å². The van der Waals surface area contributed by atoms with Crippen LogP contribution in [0.15, 0.2) is 0 Å². The smallest absolute Gasteiger partial charge is 0.480 e. The van der Waals surface area contributed by atoms with Gasteiger partial charge in [-0.25, -0.2) is 4.79 Å². The highest BCUT2D eigenvalue weighted by Crippen LogP contribution is 2.16. The largest absolute Gasteiger partial charge is 0.522 e. The number of amides is 1. The maximum Gasteiger partial charge on any atom is 0.522 e. The van der Waals surface area contributed by atoms with Crippen LogP contribution in [-0.4, -0.2) is 47.5 Å². The van der Waals surface area contributed by atoms with E-state index in [2.05, 4.69) is 10.1 Å². The fraction of sp³-hybridized carbons (Fsp3) is 0.750. The summed E-state index contributed by atoms with van der Waals surface area (Å²) >= 11 is 0.952. The summed E-state index contributed by atoms with van der Waals surface area (Å²) in [6, 6.07) is -1.11. The van der Waals surface area contributed by atoms with Gasteiger partial charge in [0.2, 0.25) is 5.91 Å². The van der Waals surface area contributed by atoms with E-state index >= 15 is 0 Å². The van der Waals surface area contributed by atoms with Gasteiger partial charge >= 0.3 is 12.3 Å². The standard InChI is InChI=1S/C8H12F3NO4S/c1-5(13)12-6(7(14)15)4-17-3-2-16-8(9,10)11/h6H,2-4H2,1H3,(H,12,13)(H,14,15). The van der Waals surface area contributed by atoms with Crippen molar-refractivity contribution in [1.82, 2.24) is 5.32 Å². The van der Waals surface area contributed by atoms with Gasteiger partial charge in [-0.1, -0.05) is 0 Å². The first kappa shape index (κ1) is 16.0. The fourth-order valence-corrected chi connectivity index (χ4v) is 1.67. The van der Waals surface area contributed by atoms with E-state index in [-0.39, 0.29) is 11.5 Å². The lowest BCUT2D eigenvalue weighted by Crippen LogP contribution is -2.41. The van der Waals surface area contributed by atoms with E-state index in [0.717, 1.165) is 18.7 Å². The first-order valence-corrected chi connectivity index (χ1v) is 5.66. The number of rotatable bonds is 7. The number of carboxylic acid groups (broad SMARTS) is 1. The zero-order chi connectivity index (χ0) is 13.5. The number of thioether (sulfide) groups is 1. The molecule has 0 aliphatic heterocycles. The second-order valence-corrected chi connectivity index (χ2v) is 4.11. The van der Waals surface area contributed by atoms with Gasteiger partial charge < -0.3 is 10.4 Å². The normalized spacial score (nSPS) is 13.2. The molecule has 1 amide bonds. The minimum Gasteiger partial charge on any atom is -0.480 e. The molecule has 1 atom stereocenters. The minimum absolute atomic E-state index is 0.0110. The summed E-state index contributed by atoms with van der Waals surface area (Å²) in [6.45, 7) is 0.605. The van der Waals surface area contributed by atoms with Crippen molar-refractivity contribution in [3.05, 3.63) is 0 Å². The van der Waals surface area contributed by atoms with Crippen LogP contribution in [0.1, 0.15) is 6.92 Å². The van der Waals surface area contributed by atoms with Crippen LogP contribution in [0.3, 0.4) is 0 Å². The molecule has 0 aromatic carbocycles. The molecule has 0 aromatic heterocycles. The Kier molecular flexibility index (Phi) is 6.97. The van der Waals surface area contributed by atoms with Crippen molar-refractivity contribution in [2.45, 2.75) is 19.3 Å². The molecule has 0 aliphatic rings. The number of nitrogens with one attached hydrogen (secondary N) is 1. The lowest BCUT2D eigenvalue weighted by Gasteiger charge is -2.12. The van der Waals surface area contributed by atoms with E-state index < -0.39 is 30.9 Å². The summed E-state index contributed by atoms with van der Waals surface area (Å²) < 4.78 is 38.2. The van der Waals surface area contributed by atoms with Crippen molar-refractivity contribution >= 4 is 23.6 Å². The van der Waals surface area contributed by atoms with Gasteiger partial charge in [0.15, 0.2) is 0 Å². The van der Waals surface area contributed by atoms with Gasteiger partial charge in [0, 0.05) is 18.4 Å². The van der Waals surface area contributed by atoms with Gasteiger partial charge in [-0.2, -0.15) is 11.8 Å². The van der Waals surface area contributed by atoms with Gasteiger partial charge in [-0.05, 0) is 0 Å². The van der Waals surface area contributed by atoms with Crippen LogP contribution in [-0.2, 0) is 14.3 Å². The monoisotopic (exact) mass is 275 g/mol. The highest BCUT2D eigenvalue weighted by molar-refractivity contribution is 7.99. The van der Waals surface area contributed by atoms with Crippen LogP contribution >= 0.6 is 11.8 Å². The maximum absolute atomic E-state index is 11.6. The molecule has 2 N–H and O–H groups in total. The second-order valence-electron chi connectivity index (χ2n) is 2.96. The highest BCUT2D eigenvalue weighted by Gasteiger charge is 2.28. The maximum atomic E-state index is 11.6. The molecule has 0 rings (SSSR count). The molecule has 17 heavy (non-hydrogen) atoms. The van der Waals surface area contributed by atoms with Crippen molar-refractivity contribution < 1.29 is 32.6 Å². The average molecular weight is 275 g/mol. The Morgan fingerprint density at radius 1 is 1.47 bits per heavy atom. The number of aliphatic carboxylic acids is 1. The van der Waals surface area contributed by atoms with Gasteiger partial charge in [-0.15, -0.1) is 13.2 Å².